The highest BCUT2D eigenvalue weighted by atomic mass is 35.5. The quantitative estimate of drug-likeness (QED) is 0.707. The maximum atomic E-state index is 12.8. The van der Waals surface area contributed by atoms with Crippen LogP contribution in [0.2, 0.25) is 5.02 Å². The van der Waals surface area contributed by atoms with Crippen molar-refractivity contribution in [2.45, 2.75) is 33.6 Å². The Morgan fingerprint density at radius 3 is 2.38 bits per heavy atom. The Labute approximate surface area is 158 Å². The fraction of sp³-hybridized carbons (Fsp3) is 0.250. The average molecular weight is 369 g/mol. The predicted molar refractivity (Wildman–Crippen MR) is 104 cm³/mol. The number of nitrogens with one attached hydrogen (secondary N) is 1. The summed E-state index contributed by atoms with van der Waals surface area (Å²) in [6, 6.07) is 13.3. The van der Waals surface area contributed by atoms with E-state index in [0.29, 0.717) is 17.1 Å². The lowest BCUT2D eigenvalue weighted by atomic mass is 10.1. The molecule has 0 aliphatic carbocycles. The van der Waals surface area contributed by atoms with Gasteiger partial charge in [-0.05, 0) is 67.8 Å². The molecular weight excluding hydrogens is 348 g/mol. The largest absolute Gasteiger partial charge is 0.321 e. The first kappa shape index (κ1) is 18.1. The molecule has 3 aromatic rings. The van der Waals surface area contributed by atoms with Crippen LogP contribution in [0, 0.1) is 13.8 Å². The molecule has 0 aliphatic heterocycles. The lowest BCUT2D eigenvalue weighted by Gasteiger charge is -2.09. The Balaban J connectivity index is 1.94. The Bertz CT molecular complexity index is 911. The van der Waals surface area contributed by atoms with Crippen molar-refractivity contribution in [3.05, 3.63) is 70.0 Å². The number of nitrogens with zero attached hydrogens (tertiary/aromatic N) is 3. The van der Waals surface area contributed by atoms with Crippen molar-refractivity contribution in [2.75, 3.05) is 5.32 Å². The smallest absolute Gasteiger partial charge is 0.278 e. The number of carbonyl (C=O) groups excluding carboxylic acids is 1. The SMILES string of the molecule is CCCc1c(C(=O)Nc2cc(C)cc(C)c2)nnn1-c1ccc(Cl)cc1. The van der Waals surface area contributed by atoms with Crippen molar-refractivity contribution >= 4 is 23.2 Å². The summed E-state index contributed by atoms with van der Waals surface area (Å²) in [6.07, 6.45) is 1.58. The van der Waals surface area contributed by atoms with Gasteiger partial charge in [-0.3, -0.25) is 4.79 Å². The summed E-state index contributed by atoms with van der Waals surface area (Å²) >= 11 is 5.96. The molecule has 0 radical (unpaired) electrons. The van der Waals surface area contributed by atoms with Crippen LogP contribution in [0.1, 0.15) is 40.7 Å². The number of aryl methyl sites for hydroxylation is 2. The molecular formula is C20H21ClN4O. The van der Waals surface area contributed by atoms with E-state index in [0.717, 1.165) is 34.6 Å². The summed E-state index contributed by atoms with van der Waals surface area (Å²) < 4.78 is 1.70. The number of hydrogen-bond donors (Lipinski definition) is 1. The summed E-state index contributed by atoms with van der Waals surface area (Å²) in [5, 5.41) is 11.9. The van der Waals surface area contributed by atoms with Gasteiger partial charge in [-0.2, -0.15) is 0 Å². The number of rotatable bonds is 5. The van der Waals surface area contributed by atoms with Gasteiger partial charge in [0.2, 0.25) is 0 Å². The molecule has 26 heavy (non-hydrogen) atoms. The second-order valence-corrected chi connectivity index (χ2v) is 6.79. The molecule has 1 N–H and O–H groups in total. The van der Waals surface area contributed by atoms with Crippen LogP contribution < -0.4 is 5.32 Å². The maximum absolute atomic E-state index is 12.8. The van der Waals surface area contributed by atoms with E-state index in [-0.39, 0.29) is 5.91 Å². The van der Waals surface area contributed by atoms with Crippen molar-refractivity contribution in [3.8, 4) is 5.69 Å². The first-order valence-electron chi connectivity index (χ1n) is 8.58. The number of aromatic nitrogens is 3. The molecule has 134 valence electrons. The van der Waals surface area contributed by atoms with Crippen LogP contribution in [0.5, 0.6) is 0 Å². The fourth-order valence-electron chi connectivity index (χ4n) is 2.97. The molecule has 5 nitrogen and oxygen atoms in total. The molecule has 1 heterocycles. The predicted octanol–water partition coefficient (Wildman–Crippen LogP) is 4.74. The number of halogens is 1. The molecule has 0 saturated heterocycles. The second kappa shape index (κ2) is 7.70. The third-order valence-corrected chi connectivity index (χ3v) is 4.27. The van der Waals surface area contributed by atoms with Gasteiger partial charge in [0, 0.05) is 10.7 Å². The zero-order valence-corrected chi connectivity index (χ0v) is 15.8. The van der Waals surface area contributed by atoms with Crippen LogP contribution in [-0.2, 0) is 6.42 Å². The number of hydrogen-bond acceptors (Lipinski definition) is 3. The minimum absolute atomic E-state index is 0.251. The van der Waals surface area contributed by atoms with E-state index in [1.54, 1.807) is 16.8 Å². The molecule has 2 aromatic carbocycles. The Kier molecular flexibility index (Phi) is 5.38. The van der Waals surface area contributed by atoms with E-state index in [2.05, 4.69) is 28.6 Å². The highest BCUT2D eigenvalue weighted by Crippen LogP contribution is 2.19. The number of amides is 1. The minimum Gasteiger partial charge on any atom is -0.321 e. The molecule has 0 spiro atoms. The summed E-state index contributed by atoms with van der Waals surface area (Å²) in [5.41, 5.74) is 4.92. The van der Waals surface area contributed by atoms with Crippen LogP contribution in [0.15, 0.2) is 42.5 Å². The first-order valence-corrected chi connectivity index (χ1v) is 8.96. The molecule has 0 saturated carbocycles. The molecule has 0 bridgehead atoms. The van der Waals surface area contributed by atoms with Gasteiger partial charge in [0.25, 0.3) is 5.91 Å². The van der Waals surface area contributed by atoms with Crippen LogP contribution in [-0.4, -0.2) is 20.9 Å². The summed E-state index contributed by atoms with van der Waals surface area (Å²) in [4.78, 5) is 12.8. The zero-order valence-electron chi connectivity index (χ0n) is 15.1. The van der Waals surface area contributed by atoms with Gasteiger partial charge < -0.3 is 5.32 Å². The summed E-state index contributed by atoms with van der Waals surface area (Å²) in [5.74, 6) is -0.251. The number of benzene rings is 2. The summed E-state index contributed by atoms with van der Waals surface area (Å²) in [6.45, 7) is 6.06. The lowest BCUT2D eigenvalue weighted by molar-refractivity contribution is 0.102. The topological polar surface area (TPSA) is 59.8 Å². The molecule has 0 fully saturated rings. The van der Waals surface area contributed by atoms with E-state index < -0.39 is 0 Å². The van der Waals surface area contributed by atoms with Gasteiger partial charge in [-0.1, -0.05) is 36.2 Å². The normalized spacial score (nSPS) is 10.8. The summed E-state index contributed by atoms with van der Waals surface area (Å²) in [7, 11) is 0. The monoisotopic (exact) mass is 368 g/mol. The number of carbonyl (C=O) groups is 1. The van der Waals surface area contributed by atoms with Gasteiger partial charge in [0.15, 0.2) is 5.69 Å². The molecule has 0 unspecified atom stereocenters. The lowest BCUT2D eigenvalue weighted by Crippen LogP contribution is -2.15. The van der Waals surface area contributed by atoms with E-state index in [1.807, 2.05) is 38.1 Å². The van der Waals surface area contributed by atoms with Crippen molar-refractivity contribution in [1.29, 1.82) is 0 Å². The van der Waals surface area contributed by atoms with Crippen LogP contribution in [0.3, 0.4) is 0 Å². The Hall–Kier alpha value is -2.66. The fourth-order valence-corrected chi connectivity index (χ4v) is 3.09. The van der Waals surface area contributed by atoms with E-state index in [1.165, 1.54) is 0 Å². The van der Waals surface area contributed by atoms with Crippen molar-refractivity contribution < 1.29 is 4.79 Å². The van der Waals surface area contributed by atoms with E-state index in [4.69, 9.17) is 11.6 Å². The van der Waals surface area contributed by atoms with E-state index in [9.17, 15) is 4.79 Å². The standard InChI is InChI=1S/C20H21ClN4O/c1-4-5-18-19(20(26)22-16-11-13(2)10-14(3)12-16)23-24-25(18)17-8-6-15(21)7-9-17/h6-12H,4-5H2,1-3H3,(H,22,26). The second-order valence-electron chi connectivity index (χ2n) is 6.35. The molecule has 0 aliphatic rings. The molecule has 0 atom stereocenters. The molecule has 1 aromatic heterocycles. The van der Waals surface area contributed by atoms with E-state index >= 15 is 0 Å². The minimum atomic E-state index is -0.251. The van der Waals surface area contributed by atoms with Crippen LogP contribution in [0.25, 0.3) is 5.69 Å². The van der Waals surface area contributed by atoms with Gasteiger partial charge in [-0.15, -0.1) is 5.10 Å². The van der Waals surface area contributed by atoms with Crippen molar-refractivity contribution in [2.24, 2.45) is 0 Å². The number of anilines is 1. The zero-order chi connectivity index (χ0) is 18.7. The molecule has 6 heteroatoms. The van der Waals surface area contributed by atoms with Gasteiger partial charge >= 0.3 is 0 Å². The van der Waals surface area contributed by atoms with Gasteiger partial charge in [0.1, 0.15) is 0 Å². The third-order valence-electron chi connectivity index (χ3n) is 4.02. The van der Waals surface area contributed by atoms with Crippen molar-refractivity contribution in [1.82, 2.24) is 15.0 Å². The Morgan fingerprint density at radius 2 is 1.77 bits per heavy atom. The van der Waals surface area contributed by atoms with Crippen LogP contribution >= 0.6 is 11.6 Å². The first-order chi connectivity index (χ1) is 12.5. The van der Waals surface area contributed by atoms with Gasteiger partial charge in [0.05, 0.1) is 11.4 Å². The average Bonchev–Trinajstić information content (AvgIpc) is 2.99. The van der Waals surface area contributed by atoms with Crippen LogP contribution in [0.4, 0.5) is 5.69 Å². The van der Waals surface area contributed by atoms with Gasteiger partial charge in [-0.25, -0.2) is 4.68 Å². The maximum Gasteiger partial charge on any atom is 0.278 e. The highest BCUT2D eigenvalue weighted by molar-refractivity contribution is 6.30. The molecule has 3 rings (SSSR count). The molecule has 1 amide bonds. The highest BCUT2D eigenvalue weighted by Gasteiger charge is 2.20. The van der Waals surface area contributed by atoms with Crippen molar-refractivity contribution in [3.63, 3.8) is 0 Å². The third kappa shape index (κ3) is 3.94. The Morgan fingerprint density at radius 1 is 1.12 bits per heavy atom.